The van der Waals surface area contributed by atoms with E-state index in [1.165, 1.54) is 28.7 Å². The number of rotatable bonds is 7. The highest BCUT2D eigenvalue weighted by atomic mass is 19.4. The molecule has 0 unspecified atom stereocenters. The molecule has 13 heteroatoms. The number of quaternary nitrogens is 1. The van der Waals surface area contributed by atoms with Crippen LogP contribution in [0.1, 0.15) is 35.2 Å². The number of benzene rings is 2. The zero-order valence-corrected chi connectivity index (χ0v) is 23.5. The van der Waals surface area contributed by atoms with Crippen LogP contribution in [0.25, 0.3) is 0 Å². The largest absolute Gasteiger partial charge is 0.466 e. The lowest BCUT2D eigenvalue weighted by molar-refractivity contribution is -0.908. The summed E-state index contributed by atoms with van der Waals surface area (Å²) < 4.78 is 53.1. The number of esters is 1. The second kappa shape index (κ2) is 10.8. The predicted octanol–water partition coefficient (Wildman–Crippen LogP) is 3.87. The van der Waals surface area contributed by atoms with Gasteiger partial charge in [-0.25, -0.2) is 19.3 Å². The van der Waals surface area contributed by atoms with Crippen molar-refractivity contribution < 1.29 is 31.9 Å². The lowest BCUT2D eigenvalue weighted by Crippen LogP contribution is -2.48. The average molecular weight is 584 g/mol. The van der Waals surface area contributed by atoms with E-state index in [0.717, 1.165) is 24.2 Å². The van der Waals surface area contributed by atoms with Gasteiger partial charge in [-0.15, -0.1) is 5.10 Å². The van der Waals surface area contributed by atoms with E-state index in [1.807, 2.05) is 0 Å². The van der Waals surface area contributed by atoms with Gasteiger partial charge in [0.15, 0.2) is 0 Å². The molecule has 0 amide bonds. The minimum Gasteiger partial charge on any atom is -0.466 e. The Labute approximate surface area is 239 Å². The summed E-state index contributed by atoms with van der Waals surface area (Å²) in [7, 11) is 5.30. The third-order valence-electron chi connectivity index (χ3n) is 7.60. The molecule has 1 N–H and O–H groups in total. The van der Waals surface area contributed by atoms with Gasteiger partial charge in [0, 0.05) is 16.9 Å². The Morgan fingerprint density at radius 3 is 2.60 bits per heavy atom. The molecule has 42 heavy (non-hydrogen) atoms. The second-order valence-electron chi connectivity index (χ2n) is 11.2. The number of alkyl halides is 3. The molecule has 1 saturated heterocycles. The van der Waals surface area contributed by atoms with Crippen LogP contribution in [0.3, 0.4) is 0 Å². The summed E-state index contributed by atoms with van der Waals surface area (Å²) in [5.74, 6) is -0.372. The number of carbonyl (C=O) groups excluding carboxylic acids is 1. The topological polar surface area (TPSA) is 113 Å². The second-order valence-corrected chi connectivity index (χ2v) is 11.2. The highest BCUT2D eigenvalue weighted by Gasteiger charge is 2.41. The Balaban J connectivity index is 1.71. The molecule has 0 aliphatic carbocycles. The van der Waals surface area contributed by atoms with Crippen molar-refractivity contribution in [3.05, 3.63) is 86.5 Å². The van der Waals surface area contributed by atoms with Gasteiger partial charge >= 0.3 is 17.8 Å². The first-order valence-corrected chi connectivity index (χ1v) is 13.2. The fourth-order valence-electron chi connectivity index (χ4n) is 5.77. The van der Waals surface area contributed by atoms with Crippen molar-refractivity contribution in [1.82, 2.24) is 14.8 Å². The van der Waals surface area contributed by atoms with Crippen LogP contribution >= 0.6 is 0 Å². The summed E-state index contributed by atoms with van der Waals surface area (Å²) >= 11 is 0. The molecule has 2 aromatic carbocycles. The minimum atomic E-state index is -4.61. The van der Waals surface area contributed by atoms with Gasteiger partial charge in [-0.1, -0.05) is 12.1 Å². The SMILES string of the molecule is COC(=O)C1=C(C)N(c2cccc(C(F)(F)F)c2)c2n[nH]c(=O)n2[C@@H]1c1ccc(C#N)cc1C[N+](C)(C)CC1COC1. The van der Waals surface area contributed by atoms with E-state index >= 15 is 0 Å². The van der Waals surface area contributed by atoms with Crippen LogP contribution in [-0.2, 0) is 27.0 Å². The molecule has 2 aliphatic rings. The standard InChI is InChI=1S/C29H29F3N6O4/c1-17-24(26(39)41-4)25(23-9-8-18(12-33)10-20(23)14-38(2,3)13-19-15-42-16-19)37-27(34-35-28(37)40)36(17)22-7-5-6-21(11-22)29(30,31)32/h5-11,19,25H,13-16H2,1-4H3/p+1/t25-/m1/s1. The normalized spacial score (nSPS) is 17.5. The summed E-state index contributed by atoms with van der Waals surface area (Å²) in [6.07, 6.45) is -4.61. The summed E-state index contributed by atoms with van der Waals surface area (Å²) in [4.78, 5) is 28.1. The van der Waals surface area contributed by atoms with Crippen LogP contribution in [0.2, 0.25) is 0 Å². The first-order chi connectivity index (χ1) is 19.8. The number of nitrogens with zero attached hydrogens (tertiary/aromatic N) is 5. The van der Waals surface area contributed by atoms with Crippen molar-refractivity contribution in [3.8, 4) is 6.07 Å². The van der Waals surface area contributed by atoms with Crippen LogP contribution in [0, 0.1) is 17.2 Å². The number of hydrogen-bond acceptors (Lipinski definition) is 7. The number of aromatic amines is 1. The highest BCUT2D eigenvalue weighted by Crippen LogP contribution is 2.44. The molecule has 0 bridgehead atoms. The fraction of sp³-hybridized carbons (Fsp3) is 0.379. The number of ether oxygens (including phenoxy) is 2. The molecular formula is C29H30F3N6O4+. The Morgan fingerprint density at radius 2 is 1.98 bits per heavy atom. The molecule has 0 radical (unpaired) electrons. The van der Waals surface area contributed by atoms with Crippen LogP contribution in [0.5, 0.6) is 0 Å². The van der Waals surface area contributed by atoms with Crippen molar-refractivity contribution in [2.45, 2.75) is 25.7 Å². The van der Waals surface area contributed by atoms with Gasteiger partial charge in [-0.3, -0.25) is 4.90 Å². The number of hydrogen-bond donors (Lipinski definition) is 1. The smallest absolute Gasteiger partial charge is 0.416 e. The zero-order chi connectivity index (χ0) is 30.4. The number of nitrogens with one attached hydrogen (secondary N) is 1. The van der Waals surface area contributed by atoms with Crippen LogP contribution in [0.15, 0.2) is 58.5 Å². The predicted molar refractivity (Wildman–Crippen MR) is 145 cm³/mol. The van der Waals surface area contributed by atoms with E-state index in [0.29, 0.717) is 41.3 Å². The first kappa shape index (κ1) is 29.1. The average Bonchev–Trinajstić information content (AvgIpc) is 3.29. The molecule has 220 valence electrons. The summed E-state index contributed by atoms with van der Waals surface area (Å²) in [6, 6.07) is 10.7. The lowest BCUT2D eigenvalue weighted by Gasteiger charge is -2.39. The van der Waals surface area contributed by atoms with E-state index in [-0.39, 0.29) is 22.9 Å². The van der Waals surface area contributed by atoms with Gasteiger partial charge in [0.25, 0.3) is 0 Å². The first-order valence-electron chi connectivity index (χ1n) is 13.2. The van der Waals surface area contributed by atoms with Crippen molar-refractivity contribution in [3.63, 3.8) is 0 Å². The van der Waals surface area contributed by atoms with Crippen molar-refractivity contribution in [2.24, 2.45) is 5.92 Å². The Bertz CT molecular complexity index is 1660. The van der Waals surface area contributed by atoms with E-state index in [9.17, 15) is 28.0 Å². The Kier molecular flexibility index (Phi) is 7.46. The van der Waals surface area contributed by atoms with Gasteiger partial charge in [0.2, 0.25) is 5.95 Å². The third kappa shape index (κ3) is 5.31. The van der Waals surface area contributed by atoms with Crippen LogP contribution in [0.4, 0.5) is 24.8 Å². The summed E-state index contributed by atoms with van der Waals surface area (Å²) in [6.45, 7) is 4.18. The minimum absolute atomic E-state index is 0.00477. The highest BCUT2D eigenvalue weighted by molar-refractivity contribution is 5.93. The van der Waals surface area contributed by atoms with Crippen molar-refractivity contribution in [2.75, 3.05) is 45.9 Å². The molecule has 0 spiro atoms. The number of H-pyrrole nitrogens is 1. The third-order valence-corrected chi connectivity index (χ3v) is 7.60. The van der Waals surface area contributed by atoms with Gasteiger partial charge in [0.1, 0.15) is 12.6 Å². The van der Waals surface area contributed by atoms with Crippen molar-refractivity contribution in [1.29, 1.82) is 5.26 Å². The number of fused-ring (bicyclic) bond motifs is 1. The van der Waals surface area contributed by atoms with E-state index in [2.05, 4.69) is 30.4 Å². The molecule has 3 heterocycles. The van der Waals surface area contributed by atoms with Gasteiger partial charge in [-0.2, -0.15) is 18.4 Å². The van der Waals surface area contributed by atoms with E-state index < -0.39 is 29.4 Å². The number of carbonyl (C=O) groups is 1. The number of allylic oxidation sites excluding steroid dienone is 1. The molecule has 1 aromatic heterocycles. The zero-order valence-electron chi connectivity index (χ0n) is 23.5. The fourth-order valence-corrected chi connectivity index (χ4v) is 5.77. The monoisotopic (exact) mass is 583 g/mol. The maximum absolute atomic E-state index is 13.6. The van der Waals surface area contributed by atoms with E-state index in [1.54, 1.807) is 25.1 Å². The Hall–Kier alpha value is -4.41. The van der Waals surface area contributed by atoms with E-state index in [4.69, 9.17) is 9.47 Å². The number of nitriles is 1. The molecular weight excluding hydrogens is 553 g/mol. The molecule has 2 aliphatic heterocycles. The molecule has 10 nitrogen and oxygen atoms in total. The number of aromatic nitrogens is 3. The number of methoxy groups -OCH3 is 1. The molecule has 0 saturated carbocycles. The maximum atomic E-state index is 13.6. The molecule has 3 aromatic rings. The maximum Gasteiger partial charge on any atom is 0.416 e. The van der Waals surface area contributed by atoms with Gasteiger partial charge in [-0.05, 0) is 42.8 Å². The molecule has 5 rings (SSSR count). The van der Waals surface area contributed by atoms with Crippen LogP contribution < -0.4 is 10.6 Å². The molecule has 1 atom stereocenters. The van der Waals surface area contributed by atoms with Gasteiger partial charge < -0.3 is 14.0 Å². The summed E-state index contributed by atoms with van der Waals surface area (Å²) in [5, 5.41) is 16.2. The van der Waals surface area contributed by atoms with Crippen molar-refractivity contribution >= 4 is 17.6 Å². The molecule has 1 fully saturated rings. The van der Waals surface area contributed by atoms with Gasteiger partial charge in [0.05, 0.1) is 69.7 Å². The summed E-state index contributed by atoms with van der Waals surface area (Å²) in [5.41, 5.74) is 0.484. The quantitative estimate of drug-likeness (QED) is 0.332. The number of anilines is 2. The lowest BCUT2D eigenvalue weighted by atomic mass is 9.89. The Morgan fingerprint density at radius 1 is 1.24 bits per heavy atom. The number of halogens is 3. The van der Waals surface area contributed by atoms with Crippen LogP contribution in [-0.4, -0.2) is 66.2 Å².